The standard InChI is InChI=1S/C19H18FNO/c1-22-17-11-3-2-6-15(17)18-13-8-4-7-12(13)14-9-5-10-16(20)19(14)21-18/h2-7,9-13,18,21H,8H2,1H3/t12-,13+,18-/m1/s1. The topological polar surface area (TPSA) is 21.3 Å². The molecule has 2 aliphatic rings. The monoisotopic (exact) mass is 295 g/mol. The summed E-state index contributed by atoms with van der Waals surface area (Å²) in [6.45, 7) is 0. The lowest BCUT2D eigenvalue weighted by atomic mass is 9.77. The lowest BCUT2D eigenvalue weighted by Gasteiger charge is -2.38. The fourth-order valence-electron chi connectivity index (χ4n) is 3.81. The van der Waals surface area contributed by atoms with E-state index in [4.69, 9.17) is 4.74 Å². The van der Waals surface area contributed by atoms with Crippen LogP contribution in [-0.2, 0) is 0 Å². The van der Waals surface area contributed by atoms with Crippen molar-refractivity contribution < 1.29 is 9.13 Å². The van der Waals surface area contributed by atoms with E-state index in [2.05, 4.69) is 23.5 Å². The molecule has 2 nitrogen and oxygen atoms in total. The van der Waals surface area contributed by atoms with Crippen molar-refractivity contribution in [3.05, 3.63) is 71.6 Å². The third kappa shape index (κ3) is 1.92. The summed E-state index contributed by atoms with van der Waals surface area (Å²) in [6, 6.07) is 13.4. The van der Waals surface area contributed by atoms with Crippen molar-refractivity contribution in [2.45, 2.75) is 18.4 Å². The molecule has 1 aliphatic heterocycles. The molecule has 0 spiro atoms. The highest BCUT2D eigenvalue weighted by atomic mass is 19.1. The van der Waals surface area contributed by atoms with Crippen LogP contribution in [0.5, 0.6) is 5.75 Å². The number of fused-ring (bicyclic) bond motifs is 3. The van der Waals surface area contributed by atoms with Gasteiger partial charge in [0.05, 0.1) is 18.8 Å². The van der Waals surface area contributed by atoms with E-state index in [1.165, 1.54) is 6.07 Å². The smallest absolute Gasteiger partial charge is 0.146 e. The van der Waals surface area contributed by atoms with Crippen LogP contribution in [0.25, 0.3) is 0 Å². The Morgan fingerprint density at radius 3 is 2.77 bits per heavy atom. The number of allylic oxidation sites excluding steroid dienone is 2. The van der Waals surface area contributed by atoms with Gasteiger partial charge in [-0.05, 0) is 30.0 Å². The van der Waals surface area contributed by atoms with Crippen molar-refractivity contribution in [1.82, 2.24) is 0 Å². The molecular weight excluding hydrogens is 277 g/mol. The number of nitrogens with one attached hydrogen (secondary N) is 1. The van der Waals surface area contributed by atoms with Crippen LogP contribution in [0.4, 0.5) is 10.1 Å². The first kappa shape index (κ1) is 13.4. The number of para-hydroxylation sites is 2. The highest BCUT2D eigenvalue weighted by molar-refractivity contribution is 5.61. The molecule has 22 heavy (non-hydrogen) atoms. The van der Waals surface area contributed by atoms with Crippen LogP contribution in [0.3, 0.4) is 0 Å². The van der Waals surface area contributed by atoms with E-state index in [1.807, 2.05) is 24.3 Å². The molecule has 2 aromatic carbocycles. The second-order valence-corrected chi connectivity index (χ2v) is 5.92. The molecule has 2 aromatic rings. The maximum Gasteiger partial charge on any atom is 0.146 e. The molecule has 0 aromatic heterocycles. The van der Waals surface area contributed by atoms with E-state index < -0.39 is 0 Å². The number of hydrogen-bond acceptors (Lipinski definition) is 2. The second kappa shape index (κ2) is 5.16. The first-order valence-electron chi connectivity index (χ1n) is 7.64. The van der Waals surface area contributed by atoms with Gasteiger partial charge in [-0.2, -0.15) is 0 Å². The van der Waals surface area contributed by atoms with E-state index in [1.54, 1.807) is 13.2 Å². The van der Waals surface area contributed by atoms with E-state index in [-0.39, 0.29) is 17.8 Å². The Kier molecular flexibility index (Phi) is 3.14. The number of hydrogen-bond donors (Lipinski definition) is 1. The van der Waals surface area contributed by atoms with Gasteiger partial charge in [0.2, 0.25) is 0 Å². The third-order valence-electron chi connectivity index (χ3n) is 4.82. The van der Waals surface area contributed by atoms with Gasteiger partial charge in [-0.1, -0.05) is 42.5 Å². The van der Waals surface area contributed by atoms with Gasteiger partial charge < -0.3 is 10.1 Å². The molecule has 3 atom stereocenters. The summed E-state index contributed by atoms with van der Waals surface area (Å²) in [4.78, 5) is 0. The van der Waals surface area contributed by atoms with E-state index >= 15 is 0 Å². The van der Waals surface area contributed by atoms with Crippen LogP contribution in [-0.4, -0.2) is 7.11 Å². The number of benzene rings is 2. The minimum atomic E-state index is -0.184. The average molecular weight is 295 g/mol. The summed E-state index contributed by atoms with van der Waals surface area (Å²) in [7, 11) is 1.68. The molecule has 1 N–H and O–H groups in total. The van der Waals surface area contributed by atoms with Crippen LogP contribution in [0, 0.1) is 11.7 Å². The number of methoxy groups -OCH3 is 1. The maximum absolute atomic E-state index is 14.3. The molecule has 4 rings (SSSR count). The largest absolute Gasteiger partial charge is 0.496 e. The van der Waals surface area contributed by atoms with Crippen molar-refractivity contribution in [1.29, 1.82) is 0 Å². The van der Waals surface area contributed by atoms with Crippen LogP contribution in [0.15, 0.2) is 54.6 Å². The van der Waals surface area contributed by atoms with Gasteiger partial charge >= 0.3 is 0 Å². The van der Waals surface area contributed by atoms with Crippen molar-refractivity contribution in [3.63, 3.8) is 0 Å². The molecule has 0 fully saturated rings. The fraction of sp³-hybridized carbons (Fsp3) is 0.263. The average Bonchev–Trinajstić information content (AvgIpc) is 3.04. The summed E-state index contributed by atoms with van der Waals surface area (Å²) < 4.78 is 19.8. The van der Waals surface area contributed by atoms with Gasteiger partial charge in [0.25, 0.3) is 0 Å². The fourth-order valence-corrected chi connectivity index (χ4v) is 3.81. The van der Waals surface area contributed by atoms with Crippen molar-refractivity contribution >= 4 is 5.69 Å². The van der Waals surface area contributed by atoms with E-state index in [9.17, 15) is 4.39 Å². The Balaban J connectivity index is 1.84. The molecular formula is C19H18FNO. The zero-order chi connectivity index (χ0) is 15.1. The summed E-state index contributed by atoms with van der Waals surface area (Å²) >= 11 is 0. The van der Waals surface area contributed by atoms with Gasteiger partial charge in [-0.25, -0.2) is 4.39 Å². The Morgan fingerprint density at radius 1 is 1.09 bits per heavy atom. The predicted octanol–water partition coefficient (Wildman–Crippen LogP) is 4.66. The van der Waals surface area contributed by atoms with Gasteiger partial charge in [0.1, 0.15) is 11.6 Å². The van der Waals surface area contributed by atoms with Gasteiger partial charge in [-0.3, -0.25) is 0 Å². The summed E-state index contributed by atoms with van der Waals surface area (Å²) in [5.74, 6) is 1.33. The number of halogens is 1. The van der Waals surface area contributed by atoms with Gasteiger partial charge in [-0.15, -0.1) is 0 Å². The van der Waals surface area contributed by atoms with Crippen molar-refractivity contribution in [2.24, 2.45) is 5.92 Å². The Labute approximate surface area is 129 Å². The van der Waals surface area contributed by atoms with Gasteiger partial charge in [0, 0.05) is 11.5 Å². The highest BCUT2D eigenvalue weighted by Gasteiger charge is 2.39. The van der Waals surface area contributed by atoms with Crippen LogP contribution in [0.2, 0.25) is 0 Å². The second-order valence-electron chi connectivity index (χ2n) is 5.92. The van der Waals surface area contributed by atoms with Crippen LogP contribution in [0.1, 0.15) is 29.5 Å². The molecule has 0 saturated heterocycles. The molecule has 0 unspecified atom stereocenters. The minimum Gasteiger partial charge on any atom is -0.496 e. The Bertz CT molecular complexity index is 740. The van der Waals surface area contributed by atoms with Crippen molar-refractivity contribution in [3.8, 4) is 5.75 Å². The number of ether oxygens (including phenoxy) is 1. The maximum atomic E-state index is 14.3. The van der Waals surface area contributed by atoms with E-state index in [0.29, 0.717) is 11.6 Å². The number of anilines is 1. The highest BCUT2D eigenvalue weighted by Crippen LogP contribution is 2.51. The summed E-state index contributed by atoms with van der Waals surface area (Å²) in [5, 5.41) is 3.43. The quantitative estimate of drug-likeness (QED) is 0.814. The normalized spacial score (nSPS) is 25.3. The minimum absolute atomic E-state index is 0.0561. The van der Waals surface area contributed by atoms with Crippen LogP contribution < -0.4 is 10.1 Å². The van der Waals surface area contributed by atoms with Crippen LogP contribution >= 0.6 is 0 Å². The first-order valence-corrected chi connectivity index (χ1v) is 7.64. The summed E-state index contributed by atoms with van der Waals surface area (Å²) in [5.41, 5.74) is 2.79. The first-order chi connectivity index (χ1) is 10.8. The Morgan fingerprint density at radius 2 is 1.91 bits per heavy atom. The molecule has 0 amide bonds. The third-order valence-corrected chi connectivity index (χ3v) is 4.82. The zero-order valence-electron chi connectivity index (χ0n) is 12.4. The van der Waals surface area contributed by atoms with E-state index in [0.717, 1.165) is 23.3 Å². The lowest BCUT2D eigenvalue weighted by Crippen LogP contribution is -2.30. The van der Waals surface area contributed by atoms with Gasteiger partial charge in [0.15, 0.2) is 0 Å². The molecule has 0 radical (unpaired) electrons. The molecule has 3 heteroatoms. The molecule has 1 aliphatic carbocycles. The molecule has 112 valence electrons. The van der Waals surface area contributed by atoms with Crippen molar-refractivity contribution in [2.75, 3.05) is 12.4 Å². The lowest BCUT2D eigenvalue weighted by molar-refractivity contribution is 0.379. The Hall–Kier alpha value is -2.29. The molecule has 0 saturated carbocycles. The predicted molar refractivity (Wildman–Crippen MR) is 85.7 cm³/mol. The SMILES string of the molecule is COc1ccccc1[C@@H]1Nc2c(F)cccc2[C@@H]2C=CC[C@@H]21. The number of rotatable bonds is 2. The molecule has 0 bridgehead atoms. The molecule has 1 heterocycles. The zero-order valence-corrected chi connectivity index (χ0v) is 12.4. The summed E-state index contributed by atoms with van der Waals surface area (Å²) in [6.07, 6.45) is 5.42.